The van der Waals surface area contributed by atoms with E-state index in [1.54, 1.807) is 0 Å². The van der Waals surface area contributed by atoms with E-state index in [-0.39, 0.29) is 17.2 Å². The summed E-state index contributed by atoms with van der Waals surface area (Å²) < 4.78 is 0. The van der Waals surface area contributed by atoms with Crippen LogP contribution in [0.2, 0.25) is 0 Å². The second-order valence-electron chi connectivity index (χ2n) is 6.95. The molecule has 1 heterocycles. The van der Waals surface area contributed by atoms with Crippen molar-refractivity contribution in [3.05, 3.63) is 65.2 Å². The molecule has 2 aromatic rings. The summed E-state index contributed by atoms with van der Waals surface area (Å²) >= 11 is 0. The first-order valence-electron chi connectivity index (χ1n) is 7.94. The number of amides is 1. The molecule has 3 rings (SSSR count). The minimum atomic E-state index is -0.168. The van der Waals surface area contributed by atoms with Gasteiger partial charge in [-0.1, -0.05) is 63.2 Å². The van der Waals surface area contributed by atoms with Crippen molar-refractivity contribution in [2.24, 2.45) is 0 Å². The van der Waals surface area contributed by atoms with Gasteiger partial charge in [0.25, 0.3) is 0 Å². The smallest absolute Gasteiger partial charge is 0.239 e. The Kier molecular flexibility index (Phi) is 3.56. The average molecular weight is 293 g/mol. The standard InChI is InChI=1S/C20H23NO/c1-5-21-17-12-7-6-11-16(17)18(19(21)22)14-9-8-10-15(13-14)20(2,3)4/h6-13,18H,5H2,1-4H3. The van der Waals surface area contributed by atoms with Crippen molar-refractivity contribution in [3.63, 3.8) is 0 Å². The highest BCUT2D eigenvalue weighted by atomic mass is 16.2. The van der Waals surface area contributed by atoms with Crippen molar-refractivity contribution in [2.75, 3.05) is 11.4 Å². The average Bonchev–Trinajstić information content (AvgIpc) is 2.78. The Morgan fingerprint density at radius 1 is 1.05 bits per heavy atom. The zero-order valence-electron chi connectivity index (χ0n) is 13.8. The van der Waals surface area contributed by atoms with E-state index in [1.807, 2.05) is 30.0 Å². The summed E-state index contributed by atoms with van der Waals surface area (Å²) in [7, 11) is 0. The van der Waals surface area contributed by atoms with E-state index < -0.39 is 0 Å². The molecular formula is C20H23NO. The van der Waals surface area contributed by atoms with Gasteiger partial charge < -0.3 is 4.90 Å². The summed E-state index contributed by atoms with van der Waals surface area (Å²) in [6.45, 7) is 9.35. The van der Waals surface area contributed by atoms with Gasteiger partial charge in [-0.25, -0.2) is 0 Å². The number of nitrogens with zero attached hydrogens (tertiary/aromatic N) is 1. The highest BCUT2D eigenvalue weighted by Gasteiger charge is 2.37. The fourth-order valence-corrected chi connectivity index (χ4v) is 3.22. The van der Waals surface area contributed by atoms with Crippen LogP contribution in [0.4, 0.5) is 5.69 Å². The van der Waals surface area contributed by atoms with Gasteiger partial charge in [0.05, 0.1) is 5.92 Å². The van der Waals surface area contributed by atoms with E-state index in [4.69, 9.17) is 0 Å². The van der Waals surface area contributed by atoms with Crippen molar-refractivity contribution in [1.82, 2.24) is 0 Å². The Hall–Kier alpha value is -2.09. The van der Waals surface area contributed by atoms with Crippen molar-refractivity contribution in [3.8, 4) is 0 Å². The zero-order valence-corrected chi connectivity index (χ0v) is 13.8. The molecule has 0 saturated heterocycles. The van der Waals surface area contributed by atoms with E-state index in [1.165, 1.54) is 5.56 Å². The molecule has 2 aromatic carbocycles. The van der Waals surface area contributed by atoms with Crippen LogP contribution in [0, 0.1) is 0 Å². The Labute approximate surface area is 132 Å². The molecule has 0 saturated carbocycles. The van der Waals surface area contributed by atoms with Crippen LogP contribution in [0.5, 0.6) is 0 Å². The Morgan fingerprint density at radius 2 is 1.77 bits per heavy atom. The summed E-state index contributed by atoms with van der Waals surface area (Å²) in [6.07, 6.45) is 0. The minimum Gasteiger partial charge on any atom is -0.312 e. The molecule has 0 N–H and O–H groups in total. The normalized spacial score (nSPS) is 17.7. The van der Waals surface area contributed by atoms with Crippen LogP contribution in [0.15, 0.2) is 48.5 Å². The van der Waals surface area contributed by atoms with Gasteiger partial charge in [-0.3, -0.25) is 4.79 Å². The number of carbonyl (C=O) groups excluding carboxylic acids is 1. The fourth-order valence-electron chi connectivity index (χ4n) is 3.22. The quantitative estimate of drug-likeness (QED) is 0.799. The first kappa shape index (κ1) is 14.8. The first-order chi connectivity index (χ1) is 10.4. The first-order valence-corrected chi connectivity index (χ1v) is 7.94. The van der Waals surface area contributed by atoms with E-state index >= 15 is 0 Å². The molecule has 0 aliphatic carbocycles. The van der Waals surface area contributed by atoms with Crippen molar-refractivity contribution in [2.45, 2.75) is 39.0 Å². The Bertz CT molecular complexity index is 712. The molecule has 1 amide bonds. The van der Waals surface area contributed by atoms with Gasteiger partial charge in [0.2, 0.25) is 5.91 Å². The maximum absolute atomic E-state index is 12.9. The van der Waals surface area contributed by atoms with E-state index in [2.05, 4.69) is 51.1 Å². The molecule has 0 bridgehead atoms. The third kappa shape index (κ3) is 2.33. The lowest BCUT2D eigenvalue weighted by Crippen LogP contribution is -2.28. The summed E-state index contributed by atoms with van der Waals surface area (Å²) in [5.41, 5.74) is 4.63. The van der Waals surface area contributed by atoms with Crippen molar-refractivity contribution in [1.29, 1.82) is 0 Å². The maximum Gasteiger partial charge on any atom is 0.239 e. The van der Waals surface area contributed by atoms with E-state index in [9.17, 15) is 4.79 Å². The second-order valence-corrected chi connectivity index (χ2v) is 6.95. The van der Waals surface area contributed by atoms with Gasteiger partial charge in [-0.05, 0) is 35.1 Å². The van der Waals surface area contributed by atoms with Gasteiger partial charge >= 0.3 is 0 Å². The monoisotopic (exact) mass is 293 g/mol. The SMILES string of the molecule is CCN1C(=O)C(c2cccc(C(C)(C)C)c2)c2ccccc21. The Balaban J connectivity index is 2.11. The lowest BCUT2D eigenvalue weighted by molar-refractivity contribution is -0.118. The number of fused-ring (bicyclic) bond motifs is 1. The van der Waals surface area contributed by atoms with Crippen LogP contribution in [-0.2, 0) is 10.2 Å². The topological polar surface area (TPSA) is 20.3 Å². The summed E-state index contributed by atoms with van der Waals surface area (Å²) in [5, 5.41) is 0. The van der Waals surface area contributed by atoms with E-state index in [0.29, 0.717) is 6.54 Å². The molecule has 2 heteroatoms. The van der Waals surface area contributed by atoms with Gasteiger partial charge in [-0.2, -0.15) is 0 Å². The number of hydrogen-bond donors (Lipinski definition) is 0. The molecule has 22 heavy (non-hydrogen) atoms. The summed E-state index contributed by atoms with van der Waals surface area (Å²) in [5.74, 6) is 0.0215. The predicted molar refractivity (Wildman–Crippen MR) is 91.5 cm³/mol. The largest absolute Gasteiger partial charge is 0.312 e. The number of rotatable bonds is 2. The Morgan fingerprint density at radius 3 is 2.45 bits per heavy atom. The number of benzene rings is 2. The molecule has 0 aromatic heterocycles. The number of anilines is 1. The third-order valence-electron chi connectivity index (χ3n) is 4.45. The maximum atomic E-state index is 12.9. The van der Waals surface area contributed by atoms with Crippen LogP contribution < -0.4 is 4.90 Å². The number of hydrogen-bond acceptors (Lipinski definition) is 1. The molecule has 114 valence electrons. The molecule has 1 unspecified atom stereocenters. The summed E-state index contributed by atoms with van der Waals surface area (Å²) in [6, 6.07) is 16.6. The predicted octanol–water partition coefficient (Wildman–Crippen LogP) is 4.48. The molecular weight excluding hydrogens is 270 g/mol. The zero-order chi connectivity index (χ0) is 15.9. The molecule has 0 fully saturated rings. The number of carbonyl (C=O) groups is 1. The van der Waals surface area contributed by atoms with Crippen LogP contribution in [0.1, 0.15) is 50.3 Å². The van der Waals surface area contributed by atoms with Crippen LogP contribution in [0.25, 0.3) is 0 Å². The van der Waals surface area contributed by atoms with Gasteiger partial charge in [0, 0.05) is 12.2 Å². The van der Waals surface area contributed by atoms with Gasteiger partial charge in [0.15, 0.2) is 0 Å². The minimum absolute atomic E-state index is 0.0849. The van der Waals surface area contributed by atoms with E-state index in [0.717, 1.165) is 16.8 Å². The van der Waals surface area contributed by atoms with Gasteiger partial charge in [-0.15, -0.1) is 0 Å². The molecule has 1 aliphatic heterocycles. The lowest BCUT2D eigenvalue weighted by Gasteiger charge is -2.21. The third-order valence-corrected chi connectivity index (χ3v) is 4.45. The van der Waals surface area contributed by atoms with Crippen molar-refractivity contribution < 1.29 is 4.79 Å². The molecule has 0 spiro atoms. The lowest BCUT2D eigenvalue weighted by atomic mass is 9.83. The van der Waals surface area contributed by atoms with Crippen molar-refractivity contribution >= 4 is 11.6 Å². The highest BCUT2D eigenvalue weighted by molar-refractivity contribution is 6.06. The second kappa shape index (κ2) is 5.28. The molecule has 1 atom stereocenters. The fraction of sp³-hybridized carbons (Fsp3) is 0.350. The molecule has 0 radical (unpaired) electrons. The van der Waals surface area contributed by atoms with Crippen LogP contribution >= 0.6 is 0 Å². The molecule has 2 nitrogen and oxygen atoms in total. The molecule has 1 aliphatic rings. The number of likely N-dealkylation sites (N-methyl/N-ethyl adjacent to an activating group) is 1. The summed E-state index contributed by atoms with van der Waals surface area (Å²) in [4.78, 5) is 14.8. The highest BCUT2D eigenvalue weighted by Crippen LogP contribution is 2.41. The van der Waals surface area contributed by atoms with Gasteiger partial charge in [0.1, 0.15) is 0 Å². The number of para-hydroxylation sites is 1. The van der Waals surface area contributed by atoms with Crippen LogP contribution in [-0.4, -0.2) is 12.5 Å². The van der Waals surface area contributed by atoms with Crippen LogP contribution in [0.3, 0.4) is 0 Å².